The van der Waals surface area contributed by atoms with Crippen LogP contribution in [-0.4, -0.2) is 0 Å². The highest BCUT2D eigenvalue weighted by atomic mass is 32.1. The summed E-state index contributed by atoms with van der Waals surface area (Å²) in [5, 5.41) is 4.62. The van der Waals surface area contributed by atoms with E-state index in [1.165, 1.54) is 42.4 Å². The van der Waals surface area contributed by atoms with E-state index in [-0.39, 0.29) is 0 Å². The maximum atomic E-state index is 6.40. The Hall–Kier alpha value is -5.38. The number of hydrogen-bond acceptors (Lipinski definition) is 3. The van der Waals surface area contributed by atoms with E-state index in [0.717, 1.165) is 44.6 Å². The van der Waals surface area contributed by atoms with Crippen LogP contribution >= 0.6 is 11.3 Å². The lowest BCUT2D eigenvalue weighted by atomic mass is 10.0. The molecule has 6 aromatic carbocycles. The Balaban J connectivity index is 1.07. The summed E-state index contributed by atoms with van der Waals surface area (Å²) in [6, 6.07) is 51.2. The summed E-state index contributed by atoms with van der Waals surface area (Å²) in [7, 11) is 0. The molecule has 0 spiro atoms. The van der Waals surface area contributed by atoms with Gasteiger partial charge in [0.25, 0.3) is 0 Å². The SMILES string of the molecule is c1ccc(-c2ccc(-c3cc4cc5sc6cc7cc(-c8ccc(-c9ccccc9)cc8)oc7cc6c5cc4o3)cc2)cc1. The third-order valence-electron chi connectivity index (χ3n) is 8.30. The molecular weight excluding hydrogens is 545 g/mol. The standard InChI is InChI=1S/C40H24O2S/c1-3-7-25(8-4-1)27-11-15-29(16-12-27)35-19-31-21-39-33(23-37(31)41-35)34-24-38-32(22-40(34)43-39)20-36(42-38)30-17-13-28(14-18-30)26-9-5-2-6-10-26/h1-24H. The van der Waals surface area contributed by atoms with E-state index in [4.69, 9.17) is 8.83 Å². The Kier molecular flexibility index (Phi) is 5.40. The molecule has 202 valence electrons. The predicted octanol–water partition coefficient (Wildman–Crippen LogP) is 12.2. The minimum atomic E-state index is 0.882. The Bertz CT molecular complexity index is 2240. The van der Waals surface area contributed by atoms with Gasteiger partial charge in [0, 0.05) is 42.1 Å². The minimum absolute atomic E-state index is 0.882. The number of thiophene rings is 1. The average Bonchev–Trinajstić information content (AvgIpc) is 3.78. The molecule has 0 saturated carbocycles. The van der Waals surface area contributed by atoms with Gasteiger partial charge >= 0.3 is 0 Å². The van der Waals surface area contributed by atoms with Gasteiger partial charge in [-0.25, -0.2) is 0 Å². The molecule has 0 aliphatic rings. The third-order valence-corrected chi connectivity index (χ3v) is 9.42. The summed E-state index contributed by atoms with van der Waals surface area (Å²) in [6.07, 6.45) is 0. The fourth-order valence-corrected chi connectivity index (χ4v) is 7.21. The number of furan rings is 2. The Labute approximate surface area is 252 Å². The van der Waals surface area contributed by atoms with Crippen LogP contribution in [0.3, 0.4) is 0 Å². The fourth-order valence-electron chi connectivity index (χ4n) is 6.04. The molecule has 9 aromatic rings. The zero-order chi connectivity index (χ0) is 28.3. The van der Waals surface area contributed by atoms with Crippen LogP contribution in [-0.2, 0) is 0 Å². The molecule has 0 saturated heterocycles. The Morgan fingerprint density at radius 2 is 0.721 bits per heavy atom. The molecule has 0 N–H and O–H groups in total. The van der Waals surface area contributed by atoms with Crippen molar-refractivity contribution in [3.05, 3.63) is 146 Å². The maximum Gasteiger partial charge on any atom is 0.135 e. The van der Waals surface area contributed by atoms with Gasteiger partial charge in [-0.05, 0) is 58.7 Å². The second-order valence-electron chi connectivity index (χ2n) is 11.0. The van der Waals surface area contributed by atoms with Crippen molar-refractivity contribution < 1.29 is 8.83 Å². The van der Waals surface area contributed by atoms with Gasteiger partial charge in [0.2, 0.25) is 0 Å². The van der Waals surface area contributed by atoms with Gasteiger partial charge in [-0.15, -0.1) is 11.3 Å². The molecule has 3 aromatic heterocycles. The van der Waals surface area contributed by atoms with Crippen molar-refractivity contribution in [2.45, 2.75) is 0 Å². The fraction of sp³-hybridized carbons (Fsp3) is 0. The second-order valence-corrected chi connectivity index (χ2v) is 12.1. The lowest BCUT2D eigenvalue weighted by Gasteiger charge is -2.02. The highest BCUT2D eigenvalue weighted by Gasteiger charge is 2.15. The molecule has 2 nitrogen and oxygen atoms in total. The average molecular weight is 569 g/mol. The van der Waals surface area contributed by atoms with Gasteiger partial charge in [0.05, 0.1) is 0 Å². The first kappa shape index (κ1) is 24.2. The van der Waals surface area contributed by atoms with Crippen LogP contribution in [0.25, 0.3) is 87.0 Å². The molecule has 0 aliphatic heterocycles. The van der Waals surface area contributed by atoms with Gasteiger partial charge in [-0.2, -0.15) is 0 Å². The molecule has 0 amide bonds. The maximum absolute atomic E-state index is 6.40. The van der Waals surface area contributed by atoms with E-state index >= 15 is 0 Å². The molecular formula is C40H24O2S. The molecule has 0 bridgehead atoms. The van der Waals surface area contributed by atoms with Gasteiger partial charge < -0.3 is 8.83 Å². The molecule has 3 heterocycles. The van der Waals surface area contributed by atoms with Crippen molar-refractivity contribution in [1.29, 1.82) is 0 Å². The number of hydrogen-bond donors (Lipinski definition) is 0. The highest BCUT2D eigenvalue weighted by Crippen LogP contribution is 2.41. The summed E-state index contributed by atoms with van der Waals surface area (Å²) in [4.78, 5) is 0. The van der Waals surface area contributed by atoms with E-state index in [1.807, 2.05) is 23.5 Å². The smallest absolute Gasteiger partial charge is 0.135 e. The van der Waals surface area contributed by atoms with Gasteiger partial charge in [0.15, 0.2) is 0 Å². The van der Waals surface area contributed by atoms with E-state index < -0.39 is 0 Å². The van der Waals surface area contributed by atoms with Crippen LogP contribution in [0, 0.1) is 0 Å². The summed E-state index contributed by atoms with van der Waals surface area (Å²) >= 11 is 1.82. The van der Waals surface area contributed by atoms with Crippen molar-refractivity contribution in [3.8, 4) is 44.9 Å². The van der Waals surface area contributed by atoms with E-state index in [0.29, 0.717) is 0 Å². The lowest BCUT2D eigenvalue weighted by molar-refractivity contribution is 0.631. The monoisotopic (exact) mass is 568 g/mol. The highest BCUT2D eigenvalue weighted by molar-refractivity contribution is 7.26. The van der Waals surface area contributed by atoms with Gasteiger partial charge in [0.1, 0.15) is 22.7 Å². The van der Waals surface area contributed by atoms with Crippen molar-refractivity contribution in [1.82, 2.24) is 0 Å². The quantitative estimate of drug-likeness (QED) is 0.211. The predicted molar refractivity (Wildman–Crippen MR) is 181 cm³/mol. The number of fused-ring (bicyclic) bond motifs is 5. The van der Waals surface area contributed by atoms with Crippen molar-refractivity contribution in [2.75, 3.05) is 0 Å². The van der Waals surface area contributed by atoms with Crippen LogP contribution < -0.4 is 0 Å². The molecule has 9 rings (SSSR count). The Morgan fingerprint density at radius 1 is 0.349 bits per heavy atom. The van der Waals surface area contributed by atoms with Crippen LogP contribution in [0.2, 0.25) is 0 Å². The van der Waals surface area contributed by atoms with E-state index in [1.54, 1.807) is 0 Å². The van der Waals surface area contributed by atoms with Crippen LogP contribution in [0.15, 0.2) is 154 Å². The first-order chi connectivity index (χ1) is 21.2. The summed E-state index contributed by atoms with van der Waals surface area (Å²) in [5.74, 6) is 1.76. The normalized spacial score (nSPS) is 11.7. The van der Waals surface area contributed by atoms with E-state index in [2.05, 4.69) is 133 Å². The van der Waals surface area contributed by atoms with Crippen molar-refractivity contribution >= 4 is 53.4 Å². The zero-order valence-corrected chi connectivity index (χ0v) is 23.9. The molecule has 0 aliphatic carbocycles. The van der Waals surface area contributed by atoms with Gasteiger partial charge in [-0.3, -0.25) is 0 Å². The lowest BCUT2D eigenvalue weighted by Crippen LogP contribution is -1.78. The molecule has 0 radical (unpaired) electrons. The minimum Gasteiger partial charge on any atom is -0.456 e. The molecule has 3 heteroatoms. The molecule has 43 heavy (non-hydrogen) atoms. The van der Waals surface area contributed by atoms with Crippen LogP contribution in [0.4, 0.5) is 0 Å². The summed E-state index contributed by atoms with van der Waals surface area (Å²) in [5.41, 5.74) is 8.76. The van der Waals surface area contributed by atoms with Crippen LogP contribution in [0.5, 0.6) is 0 Å². The molecule has 0 atom stereocenters. The van der Waals surface area contributed by atoms with Crippen molar-refractivity contribution in [3.63, 3.8) is 0 Å². The largest absolute Gasteiger partial charge is 0.456 e. The first-order valence-corrected chi connectivity index (χ1v) is 15.2. The van der Waals surface area contributed by atoms with Crippen molar-refractivity contribution in [2.24, 2.45) is 0 Å². The van der Waals surface area contributed by atoms with E-state index in [9.17, 15) is 0 Å². The topological polar surface area (TPSA) is 26.3 Å². The summed E-state index contributed by atoms with van der Waals surface area (Å²) in [6.45, 7) is 0. The number of benzene rings is 6. The first-order valence-electron chi connectivity index (χ1n) is 14.4. The zero-order valence-electron chi connectivity index (χ0n) is 23.1. The van der Waals surface area contributed by atoms with Crippen LogP contribution in [0.1, 0.15) is 0 Å². The Morgan fingerprint density at radius 3 is 1.14 bits per heavy atom. The summed E-state index contributed by atoms with van der Waals surface area (Å²) < 4.78 is 15.3. The third kappa shape index (κ3) is 4.17. The number of rotatable bonds is 4. The molecule has 0 fully saturated rings. The molecule has 0 unspecified atom stereocenters. The van der Waals surface area contributed by atoms with Gasteiger partial charge in [-0.1, -0.05) is 109 Å². The second kappa shape index (κ2) is 9.59.